The molecule has 0 amide bonds. The van der Waals surface area contributed by atoms with Crippen molar-refractivity contribution in [3.8, 4) is 0 Å². The summed E-state index contributed by atoms with van der Waals surface area (Å²) in [6, 6.07) is 13.0. The Labute approximate surface area is 154 Å². The highest BCUT2D eigenvalue weighted by atomic mass is 32.2. The molecule has 0 aliphatic carbocycles. The summed E-state index contributed by atoms with van der Waals surface area (Å²) in [7, 11) is -2.16. The summed E-state index contributed by atoms with van der Waals surface area (Å²) in [4.78, 5) is 12.2. The van der Waals surface area contributed by atoms with Gasteiger partial charge in [-0.05, 0) is 43.7 Å². The van der Waals surface area contributed by atoms with Gasteiger partial charge in [0.1, 0.15) is 6.61 Å². The molecule has 0 aromatic heterocycles. The van der Waals surface area contributed by atoms with Crippen LogP contribution in [-0.4, -0.2) is 34.1 Å². The maximum atomic E-state index is 12.3. The smallest absolute Gasteiger partial charge is 0.338 e. The fraction of sp³-hybridized carbons (Fsp3) is 0.316. The number of sulfonamides is 1. The van der Waals surface area contributed by atoms with Gasteiger partial charge in [-0.15, -0.1) is 0 Å². The molecule has 140 valence electrons. The number of carbonyl (C=O) groups excluding carboxylic acids is 1. The maximum Gasteiger partial charge on any atom is 0.338 e. The third-order valence-corrected chi connectivity index (χ3v) is 5.27. The zero-order valence-electron chi connectivity index (χ0n) is 15.1. The molecule has 7 heteroatoms. The van der Waals surface area contributed by atoms with Crippen LogP contribution in [0, 0.1) is 6.92 Å². The van der Waals surface area contributed by atoms with Gasteiger partial charge in [0, 0.05) is 13.2 Å². The number of aryl methyl sites for hydroxylation is 1. The fourth-order valence-electron chi connectivity index (χ4n) is 2.30. The monoisotopic (exact) mass is 377 g/mol. The molecule has 2 aromatic carbocycles. The summed E-state index contributed by atoms with van der Waals surface area (Å²) < 4.78 is 37.2. The summed E-state index contributed by atoms with van der Waals surface area (Å²) in [5.74, 6) is -0.504. The summed E-state index contributed by atoms with van der Waals surface area (Å²) in [6.45, 7) is 4.12. The molecule has 0 aliphatic rings. The molecule has 2 rings (SSSR count). The van der Waals surface area contributed by atoms with E-state index in [9.17, 15) is 13.2 Å². The number of nitrogens with one attached hydrogen (secondary N) is 1. The Morgan fingerprint density at radius 3 is 2.27 bits per heavy atom. The summed E-state index contributed by atoms with van der Waals surface area (Å²) in [5.41, 5.74) is 2.31. The van der Waals surface area contributed by atoms with Crippen molar-refractivity contribution in [2.24, 2.45) is 0 Å². The van der Waals surface area contributed by atoms with Crippen LogP contribution in [0.5, 0.6) is 0 Å². The number of rotatable bonds is 8. The van der Waals surface area contributed by atoms with Gasteiger partial charge in [-0.2, -0.15) is 0 Å². The first-order valence-corrected chi connectivity index (χ1v) is 9.64. The summed E-state index contributed by atoms with van der Waals surface area (Å²) in [5, 5.41) is 0. The molecular weight excluding hydrogens is 354 g/mol. The van der Waals surface area contributed by atoms with E-state index in [2.05, 4.69) is 4.72 Å². The predicted molar refractivity (Wildman–Crippen MR) is 98.4 cm³/mol. The molecule has 0 bridgehead atoms. The number of methoxy groups -OCH3 is 1. The number of hydrogen-bond donors (Lipinski definition) is 1. The zero-order chi connectivity index (χ0) is 19.2. The lowest BCUT2D eigenvalue weighted by Crippen LogP contribution is -2.35. The average molecular weight is 377 g/mol. The standard InChI is InChI=1S/C19H23NO5S/c1-14-4-6-16(7-5-14)13-25-19(21)17-8-10-18(11-9-17)26(22,23)20-15(2)12-24-3/h4-11,15,20H,12-13H2,1-3H3/t15-/m1/s1. The molecule has 0 fully saturated rings. The lowest BCUT2D eigenvalue weighted by molar-refractivity contribution is 0.0472. The molecule has 0 aliphatic heterocycles. The van der Waals surface area contributed by atoms with Crippen molar-refractivity contribution in [2.45, 2.75) is 31.4 Å². The van der Waals surface area contributed by atoms with E-state index in [0.29, 0.717) is 5.56 Å². The molecule has 26 heavy (non-hydrogen) atoms. The highest BCUT2D eigenvalue weighted by Gasteiger charge is 2.18. The highest BCUT2D eigenvalue weighted by molar-refractivity contribution is 7.89. The minimum atomic E-state index is -3.67. The Morgan fingerprint density at radius 2 is 1.69 bits per heavy atom. The van der Waals surface area contributed by atoms with Crippen LogP contribution in [0.3, 0.4) is 0 Å². The minimum Gasteiger partial charge on any atom is -0.457 e. The van der Waals surface area contributed by atoms with E-state index in [1.807, 2.05) is 31.2 Å². The molecule has 0 unspecified atom stereocenters. The molecule has 1 atom stereocenters. The van der Waals surface area contributed by atoms with Gasteiger partial charge >= 0.3 is 5.97 Å². The van der Waals surface area contributed by atoms with E-state index in [1.54, 1.807) is 6.92 Å². The third-order valence-electron chi connectivity index (χ3n) is 3.66. The van der Waals surface area contributed by atoms with Crippen molar-refractivity contribution < 1.29 is 22.7 Å². The van der Waals surface area contributed by atoms with E-state index in [-0.39, 0.29) is 24.2 Å². The number of esters is 1. The Balaban J connectivity index is 1.99. The first kappa shape index (κ1) is 20.1. The van der Waals surface area contributed by atoms with Crippen molar-refractivity contribution in [1.82, 2.24) is 4.72 Å². The number of hydrogen-bond acceptors (Lipinski definition) is 5. The molecule has 0 heterocycles. The SMILES string of the molecule is COC[C@@H](C)NS(=O)(=O)c1ccc(C(=O)OCc2ccc(C)cc2)cc1. The lowest BCUT2D eigenvalue weighted by atomic mass is 10.2. The summed E-state index contributed by atoms with van der Waals surface area (Å²) in [6.07, 6.45) is 0. The second kappa shape index (κ2) is 8.93. The maximum absolute atomic E-state index is 12.3. The Bertz CT molecular complexity index is 829. The normalized spacial score (nSPS) is 12.6. The van der Waals surface area contributed by atoms with Gasteiger partial charge in [0.05, 0.1) is 17.1 Å². The Morgan fingerprint density at radius 1 is 1.08 bits per heavy atom. The van der Waals surface area contributed by atoms with Crippen LogP contribution in [-0.2, 0) is 26.1 Å². The Hall–Kier alpha value is -2.22. The van der Waals surface area contributed by atoms with Crippen molar-refractivity contribution >= 4 is 16.0 Å². The van der Waals surface area contributed by atoms with Gasteiger partial charge in [0.25, 0.3) is 0 Å². The molecule has 0 saturated carbocycles. The van der Waals surface area contributed by atoms with Crippen LogP contribution in [0.1, 0.15) is 28.4 Å². The van der Waals surface area contributed by atoms with E-state index in [4.69, 9.17) is 9.47 Å². The average Bonchev–Trinajstić information content (AvgIpc) is 2.61. The number of ether oxygens (including phenoxy) is 2. The van der Waals surface area contributed by atoms with Gasteiger partial charge in [-0.3, -0.25) is 0 Å². The van der Waals surface area contributed by atoms with Crippen LogP contribution in [0.2, 0.25) is 0 Å². The summed E-state index contributed by atoms with van der Waals surface area (Å²) >= 11 is 0. The van der Waals surface area contributed by atoms with Gasteiger partial charge in [-0.25, -0.2) is 17.9 Å². The fourth-order valence-corrected chi connectivity index (χ4v) is 3.53. The lowest BCUT2D eigenvalue weighted by Gasteiger charge is -2.13. The van der Waals surface area contributed by atoms with E-state index in [1.165, 1.54) is 31.4 Å². The quantitative estimate of drug-likeness (QED) is 0.715. The topological polar surface area (TPSA) is 81.7 Å². The van der Waals surface area contributed by atoms with E-state index in [0.717, 1.165) is 11.1 Å². The van der Waals surface area contributed by atoms with Crippen LogP contribution in [0.4, 0.5) is 0 Å². The molecule has 2 aromatic rings. The first-order valence-electron chi connectivity index (χ1n) is 8.16. The van der Waals surface area contributed by atoms with Crippen molar-refractivity contribution in [1.29, 1.82) is 0 Å². The first-order chi connectivity index (χ1) is 12.3. The van der Waals surface area contributed by atoms with Gasteiger partial charge in [0.2, 0.25) is 10.0 Å². The molecule has 1 N–H and O–H groups in total. The largest absolute Gasteiger partial charge is 0.457 e. The molecule has 0 spiro atoms. The second-order valence-corrected chi connectivity index (χ2v) is 7.78. The highest BCUT2D eigenvalue weighted by Crippen LogP contribution is 2.13. The van der Waals surface area contributed by atoms with E-state index >= 15 is 0 Å². The third kappa shape index (κ3) is 5.66. The van der Waals surface area contributed by atoms with E-state index < -0.39 is 16.0 Å². The van der Waals surface area contributed by atoms with Crippen LogP contribution in [0.25, 0.3) is 0 Å². The number of carbonyl (C=O) groups is 1. The van der Waals surface area contributed by atoms with Gasteiger partial charge in [-0.1, -0.05) is 29.8 Å². The van der Waals surface area contributed by atoms with Gasteiger partial charge < -0.3 is 9.47 Å². The molecule has 6 nitrogen and oxygen atoms in total. The van der Waals surface area contributed by atoms with Gasteiger partial charge in [0.15, 0.2) is 0 Å². The molecule has 0 radical (unpaired) electrons. The van der Waals surface area contributed by atoms with Crippen molar-refractivity contribution in [3.63, 3.8) is 0 Å². The van der Waals surface area contributed by atoms with Crippen LogP contribution < -0.4 is 4.72 Å². The van der Waals surface area contributed by atoms with Crippen LogP contribution in [0.15, 0.2) is 53.4 Å². The molecule has 0 saturated heterocycles. The second-order valence-electron chi connectivity index (χ2n) is 6.06. The molecular formula is C19H23NO5S. The number of benzene rings is 2. The van der Waals surface area contributed by atoms with Crippen LogP contribution >= 0.6 is 0 Å². The van der Waals surface area contributed by atoms with Crippen molar-refractivity contribution in [3.05, 3.63) is 65.2 Å². The van der Waals surface area contributed by atoms with Crippen molar-refractivity contribution in [2.75, 3.05) is 13.7 Å². The minimum absolute atomic E-state index is 0.0792. The zero-order valence-corrected chi connectivity index (χ0v) is 15.9. The Kier molecular flexibility index (Phi) is 6.90. The predicted octanol–water partition coefficient (Wildman–Crippen LogP) is 2.67.